The van der Waals surface area contributed by atoms with Crippen molar-refractivity contribution < 1.29 is 9.53 Å². The Bertz CT molecular complexity index is 927. The number of aryl methyl sites for hydroxylation is 1. The van der Waals surface area contributed by atoms with Gasteiger partial charge in [-0.15, -0.1) is 11.3 Å². The SMILES string of the molecule is Cc1ccc(OCC(=O)Nc2sc(=S)c3c(c2C#N)CCC(C)C3)cc1. The van der Waals surface area contributed by atoms with Gasteiger partial charge in [-0.2, -0.15) is 5.26 Å². The number of ether oxygens (including phenoxy) is 1. The molecule has 1 aromatic carbocycles. The molecule has 1 amide bonds. The summed E-state index contributed by atoms with van der Waals surface area (Å²) in [6.45, 7) is 4.08. The lowest BCUT2D eigenvalue weighted by Crippen LogP contribution is -2.21. The summed E-state index contributed by atoms with van der Waals surface area (Å²) in [5, 5.41) is 13.0. The third kappa shape index (κ3) is 4.12. The lowest BCUT2D eigenvalue weighted by atomic mass is 9.85. The van der Waals surface area contributed by atoms with E-state index in [2.05, 4.69) is 18.3 Å². The summed E-state index contributed by atoms with van der Waals surface area (Å²) >= 11 is 6.82. The van der Waals surface area contributed by atoms with Crippen LogP contribution < -0.4 is 10.1 Å². The van der Waals surface area contributed by atoms with Gasteiger partial charge < -0.3 is 10.1 Å². The second-order valence-electron chi connectivity index (χ2n) is 6.66. The fraction of sp³-hybridized carbons (Fsp3) is 0.350. The van der Waals surface area contributed by atoms with E-state index in [0.717, 1.165) is 39.8 Å². The zero-order chi connectivity index (χ0) is 18.7. The summed E-state index contributed by atoms with van der Waals surface area (Å²) in [6, 6.07) is 9.77. The van der Waals surface area contributed by atoms with Gasteiger partial charge in [-0.25, -0.2) is 0 Å². The van der Waals surface area contributed by atoms with Crippen LogP contribution >= 0.6 is 23.6 Å². The van der Waals surface area contributed by atoms with E-state index in [4.69, 9.17) is 17.0 Å². The number of nitrogens with one attached hydrogen (secondary N) is 1. The van der Waals surface area contributed by atoms with E-state index in [-0.39, 0.29) is 12.5 Å². The van der Waals surface area contributed by atoms with E-state index in [1.807, 2.05) is 31.2 Å². The number of carbonyl (C=O) groups is 1. The van der Waals surface area contributed by atoms with Crippen molar-refractivity contribution in [2.24, 2.45) is 5.92 Å². The van der Waals surface area contributed by atoms with Gasteiger partial charge in [0.05, 0.1) is 9.39 Å². The van der Waals surface area contributed by atoms with Crippen LogP contribution in [0, 0.1) is 28.0 Å². The molecular formula is C20H20N2O2S2. The first kappa shape index (κ1) is 18.6. The van der Waals surface area contributed by atoms with Gasteiger partial charge in [0.2, 0.25) is 0 Å². The van der Waals surface area contributed by atoms with Crippen LogP contribution in [0.15, 0.2) is 24.3 Å². The van der Waals surface area contributed by atoms with Crippen LogP contribution in [0.3, 0.4) is 0 Å². The molecule has 134 valence electrons. The summed E-state index contributed by atoms with van der Waals surface area (Å²) < 4.78 is 6.27. The van der Waals surface area contributed by atoms with Crippen LogP contribution in [0.4, 0.5) is 5.00 Å². The maximum absolute atomic E-state index is 12.3. The van der Waals surface area contributed by atoms with Gasteiger partial charge in [-0.3, -0.25) is 4.79 Å². The Hall–Kier alpha value is -2.23. The predicted molar refractivity (Wildman–Crippen MR) is 106 cm³/mol. The van der Waals surface area contributed by atoms with Gasteiger partial charge in [-0.1, -0.05) is 36.8 Å². The van der Waals surface area contributed by atoms with Crippen molar-refractivity contribution in [2.75, 3.05) is 11.9 Å². The van der Waals surface area contributed by atoms with E-state index in [0.29, 0.717) is 22.2 Å². The average molecular weight is 385 g/mol. The maximum Gasteiger partial charge on any atom is 0.262 e. The van der Waals surface area contributed by atoms with Crippen LogP contribution in [-0.2, 0) is 17.6 Å². The molecule has 0 bridgehead atoms. The van der Waals surface area contributed by atoms with Crippen LogP contribution in [-0.4, -0.2) is 12.5 Å². The molecule has 0 fully saturated rings. The summed E-state index contributed by atoms with van der Waals surface area (Å²) in [5.74, 6) is 0.918. The van der Waals surface area contributed by atoms with Gasteiger partial charge in [-0.05, 0) is 55.4 Å². The fourth-order valence-electron chi connectivity index (χ4n) is 3.09. The molecule has 1 unspecified atom stereocenters. The first-order valence-electron chi connectivity index (χ1n) is 8.56. The van der Waals surface area contributed by atoms with E-state index >= 15 is 0 Å². The summed E-state index contributed by atoms with van der Waals surface area (Å²) in [6.07, 6.45) is 2.78. The minimum atomic E-state index is -0.295. The standard InChI is InChI=1S/C20H20N2O2S2/c1-12-3-6-14(7-4-12)24-11-18(23)22-19-17(10-21)15-8-5-13(2)9-16(15)20(25)26-19/h3-4,6-7,13H,5,8-9,11H2,1-2H3,(H,22,23). The first-order valence-corrected chi connectivity index (χ1v) is 9.78. The second-order valence-corrected chi connectivity index (χ2v) is 8.35. The van der Waals surface area contributed by atoms with Crippen LogP contribution in [0.2, 0.25) is 0 Å². The first-order chi connectivity index (χ1) is 12.5. The molecule has 0 radical (unpaired) electrons. The van der Waals surface area contributed by atoms with E-state index in [9.17, 15) is 10.1 Å². The number of hydrogen-bond donors (Lipinski definition) is 1. The maximum atomic E-state index is 12.3. The molecule has 4 nitrogen and oxygen atoms in total. The molecule has 26 heavy (non-hydrogen) atoms. The van der Waals surface area contributed by atoms with Crippen molar-refractivity contribution in [3.8, 4) is 11.8 Å². The van der Waals surface area contributed by atoms with E-state index < -0.39 is 0 Å². The van der Waals surface area contributed by atoms with Crippen LogP contribution in [0.5, 0.6) is 5.75 Å². The molecule has 3 rings (SSSR count). The molecule has 0 saturated carbocycles. The van der Waals surface area contributed by atoms with Crippen molar-refractivity contribution in [3.05, 3.63) is 50.3 Å². The van der Waals surface area contributed by atoms with Gasteiger partial charge >= 0.3 is 0 Å². The molecule has 2 aromatic rings. The van der Waals surface area contributed by atoms with Crippen LogP contribution in [0.25, 0.3) is 0 Å². The number of amides is 1. The smallest absolute Gasteiger partial charge is 0.262 e. The van der Waals surface area contributed by atoms with Crippen molar-refractivity contribution in [3.63, 3.8) is 0 Å². The molecule has 0 spiro atoms. The Balaban J connectivity index is 1.76. The van der Waals surface area contributed by atoms with Gasteiger partial charge in [0.1, 0.15) is 16.8 Å². The van der Waals surface area contributed by atoms with Crippen molar-refractivity contribution in [1.29, 1.82) is 5.26 Å². The quantitative estimate of drug-likeness (QED) is 0.769. The van der Waals surface area contributed by atoms with Crippen molar-refractivity contribution in [1.82, 2.24) is 0 Å². The van der Waals surface area contributed by atoms with E-state index in [1.54, 1.807) is 0 Å². The number of fused-ring (bicyclic) bond motifs is 1. The van der Waals surface area contributed by atoms with Crippen LogP contribution in [0.1, 0.15) is 35.6 Å². The minimum absolute atomic E-state index is 0.110. The largest absolute Gasteiger partial charge is 0.484 e. The highest BCUT2D eigenvalue weighted by molar-refractivity contribution is 7.73. The highest BCUT2D eigenvalue weighted by Gasteiger charge is 2.23. The molecule has 1 aliphatic carbocycles. The summed E-state index contributed by atoms with van der Waals surface area (Å²) in [4.78, 5) is 12.3. The number of anilines is 1. The molecule has 1 aromatic heterocycles. The van der Waals surface area contributed by atoms with Crippen molar-refractivity contribution in [2.45, 2.75) is 33.1 Å². The Morgan fingerprint density at radius 2 is 2.12 bits per heavy atom. The normalized spacial score (nSPS) is 15.7. The predicted octanol–water partition coefficient (Wildman–Crippen LogP) is 4.80. The Morgan fingerprint density at radius 3 is 2.81 bits per heavy atom. The number of benzene rings is 1. The highest BCUT2D eigenvalue weighted by atomic mass is 32.1. The molecule has 6 heteroatoms. The molecule has 1 aliphatic rings. The average Bonchev–Trinajstić information content (AvgIpc) is 2.62. The minimum Gasteiger partial charge on any atom is -0.484 e. The Morgan fingerprint density at radius 1 is 1.38 bits per heavy atom. The zero-order valence-corrected chi connectivity index (χ0v) is 16.4. The third-order valence-corrected chi connectivity index (χ3v) is 5.97. The Kier molecular flexibility index (Phi) is 5.70. The molecule has 0 saturated heterocycles. The van der Waals surface area contributed by atoms with Gasteiger partial charge in [0.15, 0.2) is 6.61 Å². The number of carbonyl (C=O) groups excluding carboxylic acids is 1. The number of nitriles is 1. The summed E-state index contributed by atoms with van der Waals surface area (Å²) in [7, 11) is 0. The zero-order valence-electron chi connectivity index (χ0n) is 14.8. The van der Waals surface area contributed by atoms with Gasteiger partial charge in [0.25, 0.3) is 5.91 Å². The molecule has 1 N–H and O–H groups in total. The number of hydrogen-bond acceptors (Lipinski definition) is 5. The Labute approximate surface area is 162 Å². The molecule has 1 atom stereocenters. The number of nitrogens with zero attached hydrogens (tertiary/aromatic N) is 1. The topological polar surface area (TPSA) is 62.1 Å². The molecule has 0 aliphatic heterocycles. The molecular weight excluding hydrogens is 364 g/mol. The lowest BCUT2D eigenvalue weighted by molar-refractivity contribution is -0.118. The third-order valence-electron chi connectivity index (χ3n) is 4.53. The lowest BCUT2D eigenvalue weighted by Gasteiger charge is -2.23. The van der Waals surface area contributed by atoms with E-state index in [1.165, 1.54) is 11.3 Å². The van der Waals surface area contributed by atoms with Crippen molar-refractivity contribution >= 4 is 34.5 Å². The number of rotatable bonds is 4. The molecule has 1 heterocycles. The fourth-order valence-corrected chi connectivity index (χ4v) is 4.50. The van der Waals surface area contributed by atoms with Gasteiger partial charge in [0, 0.05) is 0 Å². The monoisotopic (exact) mass is 384 g/mol. The highest BCUT2D eigenvalue weighted by Crippen LogP contribution is 2.35. The summed E-state index contributed by atoms with van der Waals surface area (Å²) in [5.41, 5.74) is 3.79. The second kappa shape index (κ2) is 7.98.